The zero-order chi connectivity index (χ0) is 10.7. The molecule has 0 aromatic carbocycles. The van der Waals surface area contributed by atoms with Crippen LogP contribution in [0.2, 0.25) is 0 Å². The fourth-order valence-corrected chi connectivity index (χ4v) is 1.72. The lowest BCUT2D eigenvalue weighted by Gasteiger charge is -2.21. The van der Waals surface area contributed by atoms with Crippen molar-refractivity contribution in [1.82, 2.24) is 0 Å². The summed E-state index contributed by atoms with van der Waals surface area (Å²) in [6.07, 6.45) is 6.91. The summed E-state index contributed by atoms with van der Waals surface area (Å²) in [5.74, 6) is 0.665. The van der Waals surface area contributed by atoms with Crippen molar-refractivity contribution in [3.05, 3.63) is 47.6 Å². The Bertz CT molecular complexity index is 313. The maximum absolute atomic E-state index is 4.02. The van der Waals surface area contributed by atoms with Gasteiger partial charge in [-0.05, 0) is 43.8 Å². The van der Waals surface area contributed by atoms with Gasteiger partial charge < -0.3 is 0 Å². The fourth-order valence-electron chi connectivity index (χ4n) is 1.72. The molecule has 1 rings (SSSR count). The fraction of sp³-hybridized carbons (Fsp3) is 0.429. The molecule has 1 unspecified atom stereocenters. The van der Waals surface area contributed by atoms with E-state index < -0.39 is 0 Å². The molecule has 1 aliphatic carbocycles. The maximum atomic E-state index is 4.02. The molecule has 0 fully saturated rings. The summed E-state index contributed by atoms with van der Waals surface area (Å²) < 4.78 is 0. The molecule has 0 aliphatic heterocycles. The number of rotatable bonds is 3. The molecule has 1 atom stereocenters. The first kappa shape index (κ1) is 11.0. The zero-order valence-corrected chi connectivity index (χ0v) is 9.56. The van der Waals surface area contributed by atoms with Gasteiger partial charge in [-0.15, -0.1) is 0 Å². The summed E-state index contributed by atoms with van der Waals surface area (Å²) in [6.45, 7) is 14.4. The summed E-state index contributed by atoms with van der Waals surface area (Å²) in [5.41, 5.74) is 5.02. The van der Waals surface area contributed by atoms with Gasteiger partial charge in [0.15, 0.2) is 0 Å². The minimum Gasteiger partial charge on any atom is -0.0958 e. The predicted octanol–water partition coefficient (Wildman–Crippen LogP) is 4.42. The van der Waals surface area contributed by atoms with Gasteiger partial charge in [0, 0.05) is 0 Å². The highest BCUT2D eigenvalue weighted by atomic mass is 14.2. The molecule has 0 aromatic rings. The van der Waals surface area contributed by atoms with Crippen LogP contribution < -0.4 is 0 Å². The molecule has 0 heteroatoms. The van der Waals surface area contributed by atoms with Crippen LogP contribution in [-0.2, 0) is 0 Å². The quantitative estimate of drug-likeness (QED) is 0.615. The lowest BCUT2D eigenvalue weighted by Crippen LogP contribution is -2.05. The Balaban J connectivity index is 2.97. The van der Waals surface area contributed by atoms with Crippen LogP contribution in [0.25, 0.3) is 0 Å². The second-order valence-electron chi connectivity index (χ2n) is 4.22. The van der Waals surface area contributed by atoms with E-state index in [1.54, 1.807) is 0 Å². The first-order valence-corrected chi connectivity index (χ1v) is 5.28. The Kier molecular flexibility index (Phi) is 3.51. The van der Waals surface area contributed by atoms with Gasteiger partial charge >= 0.3 is 0 Å². The molecule has 14 heavy (non-hydrogen) atoms. The molecule has 0 radical (unpaired) electrons. The predicted molar refractivity (Wildman–Crippen MR) is 64.2 cm³/mol. The minimum absolute atomic E-state index is 0.665. The van der Waals surface area contributed by atoms with Gasteiger partial charge in [-0.25, -0.2) is 0 Å². The highest BCUT2D eigenvalue weighted by Crippen LogP contribution is 2.30. The topological polar surface area (TPSA) is 0 Å². The summed E-state index contributed by atoms with van der Waals surface area (Å²) >= 11 is 0. The van der Waals surface area contributed by atoms with Crippen LogP contribution in [0.3, 0.4) is 0 Å². The van der Waals surface area contributed by atoms with E-state index in [0.717, 1.165) is 12.0 Å². The van der Waals surface area contributed by atoms with Crippen molar-refractivity contribution in [3.63, 3.8) is 0 Å². The van der Waals surface area contributed by atoms with Crippen molar-refractivity contribution in [1.29, 1.82) is 0 Å². The van der Waals surface area contributed by atoms with E-state index in [4.69, 9.17) is 0 Å². The molecule has 0 aromatic heterocycles. The molecule has 0 heterocycles. The molecule has 0 spiro atoms. The normalized spacial score (nSPS) is 21.2. The second kappa shape index (κ2) is 4.45. The van der Waals surface area contributed by atoms with E-state index in [-0.39, 0.29) is 0 Å². The van der Waals surface area contributed by atoms with E-state index in [1.807, 2.05) is 0 Å². The van der Waals surface area contributed by atoms with Crippen molar-refractivity contribution in [2.45, 2.75) is 33.6 Å². The third-order valence-electron chi connectivity index (χ3n) is 2.79. The summed E-state index contributed by atoms with van der Waals surface area (Å²) in [7, 11) is 0. The van der Waals surface area contributed by atoms with E-state index >= 15 is 0 Å². The van der Waals surface area contributed by atoms with Crippen LogP contribution in [0.4, 0.5) is 0 Å². The molecule has 0 saturated carbocycles. The Morgan fingerprint density at radius 2 is 2.00 bits per heavy atom. The number of hydrogen-bond donors (Lipinski definition) is 0. The van der Waals surface area contributed by atoms with Crippen molar-refractivity contribution >= 4 is 0 Å². The molecule has 1 aliphatic rings. The average molecular weight is 188 g/mol. The van der Waals surface area contributed by atoms with Crippen molar-refractivity contribution < 1.29 is 0 Å². The van der Waals surface area contributed by atoms with Gasteiger partial charge in [-0.1, -0.05) is 43.4 Å². The van der Waals surface area contributed by atoms with Crippen molar-refractivity contribution in [3.8, 4) is 0 Å². The van der Waals surface area contributed by atoms with Crippen LogP contribution >= 0.6 is 0 Å². The molecule has 0 amide bonds. The average Bonchev–Trinajstić information content (AvgIpc) is 2.16. The maximum Gasteiger partial charge on any atom is -0.0186 e. The molecule has 0 saturated heterocycles. The van der Waals surface area contributed by atoms with Gasteiger partial charge in [-0.3, -0.25) is 0 Å². The summed E-state index contributed by atoms with van der Waals surface area (Å²) in [6, 6.07) is 0. The van der Waals surface area contributed by atoms with Gasteiger partial charge in [-0.2, -0.15) is 0 Å². The van der Waals surface area contributed by atoms with Crippen molar-refractivity contribution in [2.75, 3.05) is 0 Å². The Morgan fingerprint density at radius 1 is 1.36 bits per heavy atom. The van der Waals surface area contributed by atoms with Crippen LogP contribution in [0.5, 0.6) is 0 Å². The molecule has 0 bridgehead atoms. The molecule has 0 N–H and O–H groups in total. The van der Waals surface area contributed by atoms with Crippen molar-refractivity contribution in [2.24, 2.45) is 5.92 Å². The van der Waals surface area contributed by atoms with Crippen LogP contribution in [0.15, 0.2) is 47.6 Å². The zero-order valence-electron chi connectivity index (χ0n) is 9.56. The monoisotopic (exact) mass is 188 g/mol. The van der Waals surface area contributed by atoms with Crippen LogP contribution in [0, 0.1) is 5.92 Å². The second-order valence-corrected chi connectivity index (χ2v) is 4.22. The highest BCUT2D eigenvalue weighted by molar-refractivity contribution is 5.46. The lowest BCUT2D eigenvalue weighted by atomic mass is 9.84. The highest BCUT2D eigenvalue weighted by Gasteiger charge is 2.14. The van der Waals surface area contributed by atoms with Gasteiger partial charge in [0.05, 0.1) is 0 Å². The molecular formula is C14H20. The van der Waals surface area contributed by atoms with Gasteiger partial charge in [0.1, 0.15) is 0 Å². The summed E-state index contributed by atoms with van der Waals surface area (Å²) in [4.78, 5) is 0. The third kappa shape index (κ3) is 2.47. The van der Waals surface area contributed by atoms with Crippen LogP contribution in [0.1, 0.15) is 33.6 Å². The third-order valence-corrected chi connectivity index (χ3v) is 2.79. The van der Waals surface area contributed by atoms with Crippen LogP contribution in [-0.4, -0.2) is 0 Å². The van der Waals surface area contributed by atoms with E-state index in [9.17, 15) is 0 Å². The molecule has 76 valence electrons. The Morgan fingerprint density at radius 3 is 2.43 bits per heavy atom. The minimum atomic E-state index is 0.665. The number of hydrogen-bond acceptors (Lipinski definition) is 0. The number of allylic oxidation sites excluding steroid dienone is 6. The molecular weight excluding hydrogens is 168 g/mol. The Hall–Kier alpha value is -1.04. The molecule has 0 nitrogen and oxygen atoms in total. The SMILES string of the molecule is C=C(C)C1=CC(CC)CC(C(=C)C)=C1. The Labute approximate surface area is 87.7 Å². The van der Waals surface area contributed by atoms with E-state index in [2.05, 4.69) is 46.1 Å². The summed E-state index contributed by atoms with van der Waals surface area (Å²) in [5, 5.41) is 0. The van der Waals surface area contributed by atoms with E-state index in [0.29, 0.717) is 5.92 Å². The van der Waals surface area contributed by atoms with Gasteiger partial charge in [0.2, 0.25) is 0 Å². The lowest BCUT2D eigenvalue weighted by molar-refractivity contribution is 0.613. The standard InChI is InChI=1S/C14H20/c1-6-12-7-13(10(2)3)9-14(8-12)11(4)5/h7,9,12H,2,4,6,8H2,1,3,5H3. The van der Waals surface area contributed by atoms with Gasteiger partial charge in [0.25, 0.3) is 0 Å². The first-order chi connectivity index (χ1) is 6.54. The smallest absolute Gasteiger partial charge is 0.0186 e. The first-order valence-electron chi connectivity index (χ1n) is 5.28. The van der Waals surface area contributed by atoms with E-state index in [1.165, 1.54) is 23.1 Å². The largest absolute Gasteiger partial charge is 0.0958 e.